The molecule has 1 N–H and O–H groups in total. The Morgan fingerprint density at radius 1 is 1.09 bits per heavy atom. The first-order valence-corrected chi connectivity index (χ1v) is 7.01. The van der Waals surface area contributed by atoms with Crippen LogP contribution in [0.5, 0.6) is 11.5 Å². The van der Waals surface area contributed by atoms with E-state index in [1.807, 2.05) is 12.1 Å². The molecule has 2 rings (SSSR count). The zero-order chi connectivity index (χ0) is 15.8. The lowest BCUT2D eigenvalue weighted by Crippen LogP contribution is -2.17. The molecule has 2 aromatic carbocycles. The van der Waals surface area contributed by atoms with E-state index in [2.05, 4.69) is 5.32 Å². The third-order valence-corrected chi connectivity index (χ3v) is 2.93. The molecule has 0 radical (unpaired) electrons. The van der Waals surface area contributed by atoms with E-state index >= 15 is 0 Å². The number of rotatable bonds is 6. The van der Waals surface area contributed by atoms with E-state index in [1.54, 1.807) is 43.5 Å². The van der Waals surface area contributed by atoms with Gasteiger partial charge in [0.25, 0.3) is 0 Å². The van der Waals surface area contributed by atoms with Gasteiger partial charge in [-0.3, -0.25) is 5.32 Å². The Morgan fingerprint density at radius 2 is 1.86 bits per heavy atom. The fraction of sp³-hybridized carbons (Fsp3) is 0.188. The maximum Gasteiger partial charge on any atom is 0.411 e. The first-order chi connectivity index (χ1) is 10.7. The van der Waals surface area contributed by atoms with Crippen molar-refractivity contribution >= 4 is 23.4 Å². The fourth-order valence-corrected chi connectivity index (χ4v) is 1.90. The minimum atomic E-state index is -0.559. The molecule has 0 unspecified atom stereocenters. The first-order valence-electron chi connectivity index (χ1n) is 6.63. The Hall–Kier alpha value is -2.40. The molecule has 116 valence electrons. The standard InChI is InChI=1S/C16H16ClNO4/c1-20-14-6-3-7-15(11-14)21-8-9-22-16(19)18-13-5-2-4-12(17)10-13/h2-7,10-11H,8-9H2,1H3,(H,18,19). The molecule has 6 heteroatoms. The number of methoxy groups -OCH3 is 1. The van der Waals surface area contributed by atoms with Crippen molar-refractivity contribution in [3.05, 3.63) is 53.6 Å². The quantitative estimate of drug-likeness (QED) is 0.818. The van der Waals surface area contributed by atoms with Gasteiger partial charge in [0.2, 0.25) is 0 Å². The summed E-state index contributed by atoms with van der Waals surface area (Å²) in [4.78, 5) is 11.6. The Kier molecular flexibility index (Phi) is 5.91. The molecule has 0 aliphatic rings. The van der Waals surface area contributed by atoms with E-state index < -0.39 is 6.09 Å². The van der Waals surface area contributed by atoms with Crippen LogP contribution in [-0.4, -0.2) is 26.4 Å². The van der Waals surface area contributed by atoms with Gasteiger partial charge in [-0.15, -0.1) is 0 Å². The van der Waals surface area contributed by atoms with Crippen LogP contribution in [0, 0.1) is 0 Å². The molecular formula is C16H16ClNO4. The van der Waals surface area contributed by atoms with Crippen molar-refractivity contribution in [1.29, 1.82) is 0 Å². The average molecular weight is 322 g/mol. The second-order valence-corrected chi connectivity index (χ2v) is 4.74. The Balaban J connectivity index is 1.70. The SMILES string of the molecule is COc1cccc(OCCOC(=O)Nc2cccc(Cl)c2)c1. The summed E-state index contributed by atoms with van der Waals surface area (Å²) in [6, 6.07) is 14.0. The highest BCUT2D eigenvalue weighted by Crippen LogP contribution is 2.18. The predicted octanol–water partition coefficient (Wildman–Crippen LogP) is 3.98. The molecule has 22 heavy (non-hydrogen) atoms. The maximum atomic E-state index is 11.6. The molecule has 1 amide bonds. The summed E-state index contributed by atoms with van der Waals surface area (Å²) in [5.74, 6) is 1.36. The van der Waals surface area contributed by atoms with Crippen molar-refractivity contribution in [2.75, 3.05) is 25.6 Å². The third kappa shape index (κ3) is 5.18. The number of halogens is 1. The Labute approximate surface area is 133 Å². The van der Waals surface area contributed by atoms with Crippen LogP contribution in [-0.2, 0) is 4.74 Å². The largest absolute Gasteiger partial charge is 0.497 e. The number of benzene rings is 2. The zero-order valence-electron chi connectivity index (χ0n) is 12.0. The molecular weight excluding hydrogens is 306 g/mol. The van der Waals surface area contributed by atoms with Crippen molar-refractivity contribution < 1.29 is 19.0 Å². The van der Waals surface area contributed by atoms with Crippen LogP contribution >= 0.6 is 11.6 Å². The van der Waals surface area contributed by atoms with Crippen molar-refractivity contribution in [2.45, 2.75) is 0 Å². The van der Waals surface area contributed by atoms with Crippen LogP contribution in [0.4, 0.5) is 10.5 Å². The van der Waals surface area contributed by atoms with Gasteiger partial charge in [0, 0.05) is 16.8 Å². The van der Waals surface area contributed by atoms with Crippen LogP contribution in [0.3, 0.4) is 0 Å². The molecule has 0 bridgehead atoms. The summed E-state index contributed by atoms with van der Waals surface area (Å²) in [6.07, 6.45) is -0.559. The van der Waals surface area contributed by atoms with Crippen molar-refractivity contribution in [2.24, 2.45) is 0 Å². The highest BCUT2D eigenvalue weighted by Gasteiger charge is 2.04. The highest BCUT2D eigenvalue weighted by molar-refractivity contribution is 6.30. The molecule has 0 fully saturated rings. The molecule has 0 aliphatic heterocycles. The monoisotopic (exact) mass is 321 g/mol. The smallest absolute Gasteiger partial charge is 0.411 e. The number of carbonyl (C=O) groups is 1. The number of nitrogens with one attached hydrogen (secondary N) is 1. The number of carbonyl (C=O) groups excluding carboxylic acids is 1. The molecule has 0 saturated carbocycles. The fourth-order valence-electron chi connectivity index (χ4n) is 1.71. The average Bonchev–Trinajstić information content (AvgIpc) is 2.52. The normalized spacial score (nSPS) is 9.91. The van der Waals surface area contributed by atoms with E-state index in [0.29, 0.717) is 22.2 Å². The van der Waals surface area contributed by atoms with Gasteiger partial charge >= 0.3 is 6.09 Å². The van der Waals surface area contributed by atoms with Gasteiger partial charge in [-0.25, -0.2) is 4.79 Å². The third-order valence-electron chi connectivity index (χ3n) is 2.70. The summed E-state index contributed by atoms with van der Waals surface area (Å²) in [5, 5.41) is 3.12. The van der Waals surface area contributed by atoms with E-state index in [0.717, 1.165) is 0 Å². The molecule has 0 aliphatic carbocycles. The lowest BCUT2D eigenvalue weighted by molar-refractivity contribution is 0.137. The molecule has 5 nitrogen and oxygen atoms in total. The van der Waals surface area contributed by atoms with Gasteiger partial charge < -0.3 is 14.2 Å². The van der Waals surface area contributed by atoms with Crippen LogP contribution in [0.2, 0.25) is 5.02 Å². The molecule has 0 heterocycles. The molecule has 0 aromatic heterocycles. The van der Waals surface area contributed by atoms with Gasteiger partial charge in [-0.05, 0) is 30.3 Å². The first kappa shape index (κ1) is 16.0. The Bertz CT molecular complexity index is 633. The summed E-state index contributed by atoms with van der Waals surface area (Å²) in [6.45, 7) is 0.375. The van der Waals surface area contributed by atoms with Gasteiger partial charge in [0.15, 0.2) is 0 Å². The van der Waals surface area contributed by atoms with Crippen molar-refractivity contribution in [3.8, 4) is 11.5 Å². The van der Waals surface area contributed by atoms with Crippen molar-refractivity contribution in [1.82, 2.24) is 0 Å². The maximum absolute atomic E-state index is 11.6. The minimum Gasteiger partial charge on any atom is -0.497 e. The van der Waals surface area contributed by atoms with Crippen LogP contribution in [0.1, 0.15) is 0 Å². The highest BCUT2D eigenvalue weighted by atomic mass is 35.5. The lowest BCUT2D eigenvalue weighted by Gasteiger charge is -2.09. The topological polar surface area (TPSA) is 56.8 Å². The predicted molar refractivity (Wildman–Crippen MR) is 84.9 cm³/mol. The molecule has 2 aromatic rings. The van der Waals surface area contributed by atoms with E-state index in [-0.39, 0.29) is 13.2 Å². The molecule has 0 spiro atoms. The second kappa shape index (κ2) is 8.14. The van der Waals surface area contributed by atoms with Crippen molar-refractivity contribution in [3.63, 3.8) is 0 Å². The molecule has 0 saturated heterocycles. The summed E-state index contributed by atoms with van der Waals surface area (Å²) in [7, 11) is 1.59. The second-order valence-electron chi connectivity index (χ2n) is 4.30. The lowest BCUT2D eigenvalue weighted by atomic mass is 10.3. The number of anilines is 1. The minimum absolute atomic E-state index is 0.129. The van der Waals surface area contributed by atoms with Crippen LogP contribution in [0.15, 0.2) is 48.5 Å². The summed E-state index contributed by atoms with van der Waals surface area (Å²) in [5.41, 5.74) is 0.575. The van der Waals surface area contributed by atoms with E-state index in [9.17, 15) is 4.79 Å². The van der Waals surface area contributed by atoms with Gasteiger partial charge in [-0.2, -0.15) is 0 Å². The van der Waals surface area contributed by atoms with E-state index in [1.165, 1.54) is 0 Å². The van der Waals surface area contributed by atoms with E-state index in [4.69, 9.17) is 25.8 Å². The van der Waals surface area contributed by atoms with Crippen LogP contribution in [0.25, 0.3) is 0 Å². The summed E-state index contributed by atoms with van der Waals surface area (Å²) >= 11 is 5.83. The van der Waals surface area contributed by atoms with Gasteiger partial charge in [-0.1, -0.05) is 23.7 Å². The number of amides is 1. The Morgan fingerprint density at radius 3 is 2.64 bits per heavy atom. The molecule has 0 atom stereocenters. The summed E-state index contributed by atoms with van der Waals surface area (Å²) < 4.78 is 15.6. The number of hydrogen-bond acceptors (Lipinski definition) is 4. The van der Waals surface area contributed by atoms with Crippen LogP contribution < -0.4 is 14.8 Å². The van der Waals surface area contributed by atoms with Gasteiger partial charge in [0.05, 0.1) is 7.11 Å². The number of ether oxygens (including phenoxy) is 3. The zero-order valence-corrected chi connectivity index (χ0v) is 12.8. The van der Waals surface area contributed by atoms with Gasteiger partial charge in [0.1, 0.15) is 24.7 Å². The number of hydrogen-bond donors (Lipinski definition) is 1.